The molecule has 2 amide bonds. The van der Waals surface area contributed by atoms with Crippen LogP contribution in [0, 0.1) is 23.2 Å². The third-order valence-electron chi connectivity index (χ3n) is 6.85. The van der Waals surface area contributed by atoms with Crippen LogP contribution in [0.25, 0.3) is 0 Å². The largest absolute Gasteiger partial charge is 0.352 e. The molecule has 4 aliphatic carbocycles. The number of hydrogen-bond donors (Lipinski definition) is 3. The van der Waals surface area contributed by atoms with Gasteiger partial charge in [0.2, 0.25) is 11.8 Å². The molecule has 3 N–H and O–H groups in total. The Hall–Kier alpha value is -0.810. The normalized spacial score (nSPS) is 36.6. The number of piperidine rings is 1. The Labute approximate surface area is 156 Å². The Balaban J connectivity index is 0.00000182. The van der Waals surface area contributed by atoms with E-state index in [1.54, 1.807) is 0 Å². The molecule has 1 saturated heterocycles. The molecule has 142 valence electrons. The van der Waals surface area contributed by atoms with E-state index in [0.29, 0.717) is 6.42 Å². The van der Waals surface area contributed by atoms with Gasteiger partial charge in [-0.25, -0.2) is 0 Å². The molecule has 0 atom stereocenters. The van der Waals surface area contributed by atoms with Crippen molar-refractivity contribution in [1.82, 2.24) is 16.0 Å². The number of rotatable bonds is 5. The van der Waals surface area contributed by atoms with Crippen LogP contribution in [0.2, 0.25) is 0 Å². The third-order valence-corrected chi connectivity index (χ3v) is 6.85. The van der Waals surface area contributed by atoms with Crippen LogP contribution in [0.15, 0.2) is 0 Å². The van der Waals surface area contributed by atoms with Crippen molar-refractivity contribution >= 4 is 24.2 Å². The first-order valence-electron chi connectivity index (χ1n) is 9.87. The fourth-order valence-electron chi connectivity index (χ4n) is 6.33. The van der Waals surface area contributed by atoms with Crippen molar-refractivity contribution in [2.75, 3.05) is 19.6 Å². The predicted molar refractivity (Wildman–Crippen MR) is 99.5 cm³/mol. The summed E-state index contributed by atoms with van der Waals surface area (Å²) in [7, 11) is 0. The second-order valence-corrected chi connectivity index (χ2v) is 8.96. The zero-order valence-electron chi connectivity index (χ0n) is 15.0. The molecule has 25 heavy (non-hydrogen) atoms. The predicted octanol–water partition coefficient (Wildman–Crippen LogP) is 2.00. The van der Waals surface area contributed by atoms with Gasteiger partial charge in [-0.3, -0.25) is 9.59 Å². The highest BCUT2D eigenvalue weighted by molar-refractivity contribution is 5.85. The van der Waals surface area contributed by atoms with Crippen LogP contribution in [0.1, 0.15) is 57.8 Å². The standard InChI is InChI=1S/C19H31N3O2.ClH/c23-17(21-12-18(24)22-16-1-3-20-4-2-16)11-19-8-13-5-14(9-19)7-15(6-13)10-19;/h13-16,20H,1-12H2,(H,21,23)(H,22,24);1H. The van der Waals surface area contributed by atoms with Crippen LogP contribution in [0.4, 0.5) is 0 Å². The fraction of sp³-hybridized carbons (Fsp3) is 0.895. The van der Waals surface area contributed by atoms with E-state index in [1.807, 2.05) is 0 Å². The van der Waals surface area contributed by atoms with Crippen LogP contribution < -0.4 is 16.0 Å². The Kier molecular flexibility index (Phi) is 5.94. The highest BCUT2D eigenvalue weighted by Gasteiger charge is 2.51. The van der Waals surface area contributed by atoms with E-state index in [9.17, 15) is 9.59 Å². The van der Waals surface area contributed by atoms with Gasteiger partial charge in [-0.15, -0.1) is 12.4 Å². The molecule has 0 aromatic heterocycles. The van der Waals surface area contributed by atoms with E-state index in [4.69, 9.17) is 0 Å². The zero-order valence-corrected chi connectivity index (χ0v) is 15.8. The van der Waals surface area contributed by atoms with E-state index in [-0.39, 0.29) is 42.2 Å². The van der Waals surface area contributed by atoms with Crippen molar-refractivity contribution < 1.29 is 9.59 Å². The van der Waals surface area contributed by atoms with Crippen LogP contribution in [-0.4, -0.2) is 37.5 Å². The lowest BCUT2D eigenvalue weighted by molar-refractivity contribution is -0.132. The summed E-state index contributed by atoms with van der Waals surface area (Å²) in [6.45, 7) is 2.06. The van der Waals surface area contributed by atoms with Gasteiger partial charge in [0, 0.05) is 12.5 Å². The highest BCUT2D eigenvalue weighted by Crippen LogP contribution is 2.61. The minimum absolute atomic E-state index is 0. The van der Waals surface area contributed by atoms with Crippen molar-refractivity contribution in [3.05, 3.63) is 0 Å². The third kappa shape index (κ3) is 4.48. The average molecular weight is 370 g/mol. The van der Waals surface area contributed by atoms with Crippen molar-refractivity contribution in [3.63, 3.8) is 0 Å². The van der Waals surface area contributed by atoms with Crippen molar-refractivity contribution in [3.8, 4) is 0 Å². The first-order valence-corrected chi connectivity index (χ1v) is 9.87. The molecule has 4 bridgehead atoms. The van der Waals surface area contributed by atoms with Crippen LogP contribution in [-0.2, 0) is 9.59 Å². The van der Waals surface area contributed by atoms with E-state index in [2.05, 4.69) is 16.0 Å². The van der Waals surface area contributed by atoms with Crippen molar-refractivity contribution in [2.24, 2.45) is 23.2 Å². The maximum Gasteiger partial charge on any atom is 0.239 e. The van der Waals surface area contributed by atoms with Gasteiger partial charge in [0.15, 0.2) is 0 Å². The topological polar surface area (TPSA) is 70.2 Å². The van der Waals surface area contributed by atoms with Gasteiger partial charge in [-0.05, 0) is 87.6 Å². The molecule has 0 unspecified atom stereocenters. The number of halogens is 1. The molecule has 5 rings (SSSR count). The molecule has 0 aromatic carbocycles. The number of hydrogen-bond acceptors (Lipinski definition) is 3. The Morgan fingerprint density at radius 3 is 2.04 bits per heavy atom. The quantitative estimate of drug-likeness (QED) is 0.694. The summed E-state index contributed by atoms with van der Waals surface area (Å²) in [5.74, 6) is 2.64. The molecule has 4 saturated carbocycles. The first-order chi connectivity index (χ1) is 11.6. The lowest BCUT2D eigenvalue weighted by atomic mass is 9.49. The Morgan fingerprint density at radius 1 is 0.920 bits per heavy atom. The molecule has 0 radical (unpaired) electrons. The summed E-state index contributed by atoms with van der Waals surface area (Å²) in [6.07, 6.45) is 10.5. The Morgan fingerprint density at radius 2 is 1.48 bits per heavy atom. The molecule has 0 spiro atoms. The van der Waals surface area contributed by atoms with Gasteiger partial charge in [0.1, 0.15) is 0 Å². The van der Waals surface area contributed by atoms with Crippen molar-refractivity contribution in [1.29, 1.82) is 0 Å². The molecule has 5 nitrogen and oxygen atoms in total. The summed E-state index contributed by atoms with van der Waals surface area (Å²) in [5.41, 5.74) is 0.254. The maximum atomic E-state index is 12.4. The van der Waals surface area contributed by atoms with E-state index in [1.165, 1.54) is 38.5 Å². The zero-order chi connectivity index (χ0) is 16.6. The number of carbonyl (C=O) groups is 2. The van der Waals surface area contributed by atoms with Crippen molar-refractivity contribution in [2.45, 2.75) is 63.8 Å². The molecular weight excluding hydrogens is 338 g/mol. The minimum Gasteiger partial charge on any atom is -0.352 e. The van der Waals surface area contributed by atoms with Crippen LogP contribution in [0.5, 0.6) is 0 Å². The van der Waals surface area contributed by atoms with Gasteiger partial charge in [0.05, 0.1) is 6.54 Å². The van der Waals surface area contributed by atoms with E-state index in [0.717, 1.165) is 43.7 Å². The van der Waals surface area contributed by atoms with Crippen LogP contribution >= 0.6 is 12.4 Å². The molecule has 6 heteroatoms. The van der Waals surface area contributed by atoms with Gasteiger partial charge < -0.3 is 16.0 Å². The molecule has 1 heterocycles. The molecule has 0 aromatic rings. The molecular formula is C19H32ClN3O2. The number of carbonyl (C=O) groups excluding carboxylic acids is 2. The van der Waals surface area contributed by atoms with Gasteiger partial charge in [0.25, 0.3) is 0 Å². The monoisotopic (exact) mass is 369 g/mol. The Bertz CT molecular complexity index is 470. The van der Waals surface area contributed by atoms with E-state index >= 15 is 0 Å². The highest BCUT2D eigenvalue weighted by atomic mass is 35.5. The molecule has 5 aliphatic rings. The second-order valence-electron chi connectivity index (χ2n) is 8.96. The smallest absolute Gasteiger partial charge is 0.239 e. The lowest BCUT2D eigenvalue weighted by Gasteiger charge is -2.56. The average Bonchev–Trinajstić information content (AvgIpc) is 2.52. The fourth-order valence-corrected chi connectivity index (χ4v) is 6.33. The summed E-state index contributed by atoms with van der Waals surface area (Å²) in [6, 6.07) is 0.263. The molecule has 1 aliphatic heterocycles. The summed E-state index contributed by atoms with van der Waals surface area (Å²) in [5, 5.41) is 9.21. The minimum atomic E-state index is -0.0410. The second kappa shape index (κ2) is 7.83. The van der Waals surface area contributed by atoms with E-state index < -0.39 is 0 Å². The van der Waals surface area contributed by atoms with Gasteiger partial charge in [-0.1, -0.05) is 0 Å². The summed E-state index contributed by atoms with van der Waals surface area (Å²) < 4.78 is 0. The molecule has 5 fully saturated rings. The first kappa shape index (κ1) is 19.0. The van der Waals surface area contributed by atoms with Crippen LogP contribution in [0.3, 0.4) is 0 Å². The van der Waals surface area contributed by atoms with Gasteiger partial charge in [-0.2, -0.15) is 0 Å². The summed E-state index contributed by atoms with van der Waals surface area (Å²) >= 11 is 0. The lowest BCUT2D eigenvalue weighted by Crippen LogP contribution is -2.49. The number of amides is 2. The maximum absolute atomic E-state index is 12.4. The van der Waals surface area contributed by atoms with Gasteiger partial charge >= 0.3 is 0 Å². The SMILES string of the molecule is Cl.O=C(CC12CC3CC(CC(C3)C1)C2)NCC(=O)NC1CCNCC1. The summed E-state index contributed by atoms with van der Waals surface area (Å²) in [4.78, 5) is 24.5. The number of nitrogens with one attached hydrogen (secondary N) is 3.